The van der Waals surface area contributed by atoms with Gasteiger partial charge in [0.25, 0.3) is 5.91 Å². The van der Waals surface area contributed by atoms with Crippen molar-refractivity contribution < 1.29 is 18.0 Å². The van der Waals surface area contributed by atoms with Crippen LogP contribution in [0.2, 0.25) is 5.15 Å². The summed E-state index contributed by atoms with van der Waals surface area (Å²) >= 11 is 5.71. The first-order valence-corrected chi connectivity index (χ1v) is 6.27. The molecule has 0 aliphatic rings. The number of rotatable bonds is 2. The third kappa shape index (κ3) is 3.72. The first kappa shape index (κ1) is 15.3. The van der Waals surface area contributed by atoms with Gasteiger partial charge in [-0.1, -0.05) is 23.7 Å². The lowest BCUT2D eigenvalue weighted by Crippen LogP contribution is -2.16. The number of carbonyl (C=O) groups is 1. The number of alkyl halides is 3. The Morgan fingerprint density at radius 1 is 1.24 bits per heavy atom. The molecule has 0 atom stereocenters. The molecule has 1 N–H and O–H groups in total. The maximum absolute atomic E-state index is 12.6. The molecule has 1 aromatic carbocycles. The minimum Gasteiger partial charge on any atom is -0.321 e. The number of anilines is 1. The monoisotopic (exact) mass is 314 g/mol. The minimum absolute atomic E-state index is 0.0380. The molecule has 2 rings (SSSR count). The molecule has 7 heteroatoms. The second-order valence-electron chi connectivity index (χ2n) is 4.33. The number of aryl methyl sites for hydroxylation is 1. The van der Waals surface area contributed by atoms with Crippen LogP contribution in [0.25, 0.3) is 0 Å². The standard InChI is InChI=1S/C14H10ClF3N2O/c1-8-5-6-11(15)20-12(8)13(21)19-10-4-2-3-9(7-10)14(16,17)18/h2-7H,1H3,(H,19,21). The lowest BCUT2D eigenvalue weighted by molar-refractivity contribution is -0.137. The third-order valence-electron chi connectivity index (χ3n) is 2.73. The molecule has 1 heterocycles. The smallest absolute Gasteiger partial charge is 0.321 e. The number of carbonyl (C=O) groups excluding carboxylic acids is 1. The highest BCUT2D eigenvalue weighted by Gasteiger charge is 2.30. The Balaban J connectivity index is 2.26. The van der Waals surface area contributed by atoms with Crippen molar-refractivity contribution in [2.24, 2.45) is 0 Å². The summed E-state index contributed by atoms with van der Waals surface area (Å²) in [7, 11) is 0. The molecule has 1 amide bonds. The Kier molecular flexibility index (Phi) is 4.18. The fourth-order valence-electron chi connectivity index (χ4n) is 1.70. The predicted molar refractivity (Wildman–Crippen MR) is 73.4 cm³/mol. The molecule has 0 saturated carbocycles. The second kappa shape index (κ2) is 5.73. The summed E-state index contributed by atoms with van der Waals surface area (Å²) in [5, 5.41) is 2.51. The van der Waals surface area contributed by atoms with Crippen molar-refractivity contribution in [1.82, 2.24) is 4.98 Å². The predicted octanol–water partition coefficient (Wildman–Crippen LogP) is 4.31. The summed E-state index contributed by atoms with van der Waals surface area (Å²) in [5.74, 6) is -0.616. The first-order chi connectivity index (χ1) is 9.77. The van der Waals surface area contributed by atoms with Crippen LogP contribution in [0.3, 0.4) is 0 Å². The maximum Gasteiger partial charge on any atom is 0.416 e. The van der Waals surface area contributed by atoms with Gasteiger partial charge in [-0.3, -0.25) is 4.79 Å². The van der Waals surface area contributed by atoms with Crippen molar-refractivity contribution in [3.8, 4) is 0 Å². The molecule has 21 heavy (non-hydrogen) atoms. The molecule has 3 nitrogen and oxygen atoms in total. The van der Waals surface area contributed by atoms with Crippen molar-refractivity contribution in [3.05, 3.63) is 58.4 Å². The Morgan fingerprint density at radius 2 is 1.95 bits per heavy atom. The van der Waals surface area contributed by atoms with Crippen LogP contribution >= 0.6 is 11.6 Å². The highest BCUT2D eigenvalue weighted by molar-refractivity contribution is 6.29. The van der Waals surface area contributed by atoms with Crippen molar-refractivity contribution in [2.45, 2.75) is 13.1 Å². The molecule has 0 unspecified atom stereocenters. The fourth-order valence-corrected chi connectivity index (χ4v) is 1.85. The minimum atomic E-state index is -4.47. The molecule has 2 aromatic rings. The number of hydrogen-bond acceptors (Lipinski definition) is 2. The number of amides is 1. The summed E-state index contributed by atoms with van der Waals surface area (Å²) in [6, 6.07) is 7.51. The van der Waals surface area contributed by atoms with Crippen LogP contribution < -0.4 is 5.32 Å². The van der Waals surface area contributed by atoms with E-state index in [1.54, 1.807) is 13.0 Å². The number of nitrogens with one attached hydrogen (secondary N) is 1. The number of halogens is 4. The summed E-state index contributed by atoms with van der Waals surface area (Å²) in [6.45, 7) is 1.66. The van der Waals surface area contributed by atoms with Crippen LogP contribution in [0.15, 0.2) is 36.4 Å². The molecular formula is C14H10ClF3N2O. The summed E-state index contributed by atoms with van der Waals surface area (Å²) in [5.41, 5.74) is -0.157. The van der Waals surface area contributed by atoms with Gasteiger partial charge in [0, 0.05) is 5.69 Å². The number of nitrogens with zero attached hydrogens (tertiary/aromatic N) is 1. The Bertz CT molecular complexity index is 686. The highest BCUT2D eigenvalue weighted by atomic mass is 35.5. The summed E-state index contributed by atoms with van der Waals surface area (Å²) in [6.07, 6.45) is -4.47. The Morgan fingerprint density at radius 3 is 2.62 bits per heavy atom. The molecule has 110 valence electrons. The van der Waals surface area contributed by atoms with E-state index in [2.05, 4.69) is 10.3 Å². The Labute approximate surface area is 123 Å². The molecule has 0 radical (unpaired) electrons. The van der Waals surface area contributed by atoms with E-state index in [4.69, 9.17) is 11.6 Å². The van der Waals surface area contributed by atoms with Gasteiger partial charge >= 0.3 is 6.18 Å². The maximum atomic E-state index is 12.6. The van der Waals surface area contributed by atoms with Gasteiger partial charge in [-0.25, -0.2) is 4.98 Å². The van der Waals surface area contributed by atoms with E-state index in [0.29, 0.717) is 5.56 Å². The summed E-state index contributed by atoms with van der Waals surface area (Å²) in [4.78, 5) is 15.9. The molecule has 0 spiro atoms. The number of hydrogen-bond donors (Lipinski definition) is 1. The SMILES string of the molecule is Cc1ccc(Cl)nc1C(=O)Nc1cccc(C(F)(F)F)c1. The lowest BCUT2D eigenvalue weighted by atomic mass is 10.1. The van der Waals surface area contributed by atoms with Gasteiger partial charge < -0.3 is 5.32 Å². The third-order valence-corrected chi connectivity index (χ3v) is 2.94. The fraction of sp³-hybridized carbons (Fsp3) is 0.143. The highest BCUT2D eigenvalue weighted by Crippen LogP contribution is 2.30. The van der Waals surface area contributed by atoms with Crippen LogP contribution in [0.5, 0.6) is 0 Å². The molecular weight excluding hydrogens is 305 g/mol. The zero-order chi connectivity index (χ0) is 15.6. The number of benzene rings is 1. The normalized spacial score (nSPS) is 11.3. The van der Waals surface area contributed by atoms with Crippen molar-refractivity contribution in [3.63, 3.8) is 0 Å². The van der Waals surface area contributed by atoms with Gasteiger partial charge in [-0.05, 0) is 36.8 Å². The van der Waals surface area contributed by atoms with Gasteiger partial charge in [0.2, 0.25) is 0 Å². The summed E-state index contributed by atoms with van der Waals surface area (Å²) < 4.78 is 37.8. The average molecular weight is 315 g/mol. The molecule has 0 fully saturated rings. The molecule has 0 bridgehead atoms. The van der Waals surface area contributed by atoms with Gasteiger partial charge in [-0.2, -0.15) is 13.2 Å². The van der Waals surface area contributed by atoms with Gasteiger partial charge in [0.1, 0.15) is 10.8 Å². The average Bonchev–Trinajstić information content (AvgIpc) is 2.41. The van der Waals surface area contributed by atoms with E-state index in [9.17, 15) is 18.0 Å². The molecule has 0 aliphatic carbocycles. The topological polar surface area (TPSA) is 42.0 Å². The van der Waals surface area contributed by atoms with Crippen LogP contribution in [0, 0.1) is 6.92 Å². The quantitative estimate of drug-likeness (QED) is 0.839. The van der Waals surface area contributed by atoms with E-state index < -0.39 is 17.6 Å². The molecule has 1 aromatic heterocycles. The van der Waals surface area contributed by atoms with Gasteiger partial charge in [0.05, 0.1) is 5.56 Å². The lowest BCUT2D eigenvalue weighted by Gasteiger charge is -2.10. The molecule has 0 saturated heterocycles. The van der Waals surface area contributed by atoms with E-state index >= 15 is 0 Å². The van der Waals surface area contributed by atoms with Crippen molar-refractivity contribution in [2.75, 3.05) is 5.32 Å². The molecule has 0 aliphatic heterocycles. The number of pyridine rings is 1. The van der Waals surface area contributed by atoms with Crippen LogP contribution in [-0.4, -0.2) is 10.9 Å². The number of aromatic nitrogens is 1. The van der Waals surface area contributed by atoms with Crippen LogP contribution in [-0.2, 0) is 6.18 Å². The van der Waals surface area contributed by atoms with E-state index in [0.717, 1.165) is 12.1 Å². The van der Waals surface area contributed by atoms with E-state index in [1.165, 1.54) is 18.2 Å². The zero-order valence-corrected chi connectivity index (χ0v) is 11.6. The van der Waals surface area contributed by atoms with Crippen molar-refractivity contribution >= 4 is 23.2 Å². The van der Waals surface area contributed by atoms with Crippen LogP contribution in [0.1, 0.15) is 21.6 Å². The zero-order valence-electron chi connectivity index (χ0n) is 10.8. The second-order valence-corrected chi connectivity index (χ2v) is 4.72. The Hall–Kier alpha value is -2.08. The van der Waals surface area contributed by atoms with Gasteiger partial charge in [0.15, 0.2) is 0 Å². The first-order valence-electron chi connectivity index (χ1n) is 5.89. The van der Waals surface area contributed by atoms with E-state index in [1.807, 2.05) is 0 Å². The van der Waals surface area contributed by atoms with E-state index in [-0.39, 0.29) is 16.5 Å². The van der Waals surface area contributed by atoms with Gasteiger partial charge in [-0.15, -0.1) is 0 Å². The van der Waals surface area contributed by atoms with Crippen molar-refractivity contribution in [1.29, 1.82) is 0 Å². The van der Waals surface area contributed by atoms with Crippen LogP contribution in [0.4, 0.5) is 18.9 Å². The largest absolute Gasteiger partial charge is 0.416 e.